The molecular weight excluding hydrogens is 444 g/mol. The molecule has 4 heterocycles. The monoisotopic (exact) mass is 474 g/mol. The molecule has 1 N–H and O–H groups in total. The van der Waals surface area contributed by atoms with Crippen LogP contribution in [-0.4, -0.2) is 70.1 Å². The number of carbonyl (C=O) groups excluding carboxylic acids is 1. The third kappa shape index (κ3) is 4.28. The summed E-state index contributed by atoms with van der Waals surface area (Å²) >= 11 is 0. The molecule has 1 atom stereocenters. The van der Waals surface area contributed by atoms with Crippen molar-refractivity contribution in [1.29, 1.82) is 0 Å². The van der Waals surface area contributed by atoms with E-state index in [-0.39, 0.29) is 11.9 Å². The van der Waals surface area contributed by atoms with Gasteiger partial charge in [-0.05, 0) is 12.1 Å². The molecule has 0 saturated carbocycles. The summed E-state index contributed by atoms with van der Waals surface area (Å²) in [6.07, 6.45) is 2.48. The smallest absolute Gasteiger partial charge is 0.255 e. The number of morpholine rings is 2. The molecule has 2 fully saturated rings. The average Bonchev–Trinajstić information content (AvgIpc) is 2.93. The Labute approximate surface area is 204 Å². The van der Waals surface area contributed by atoms with Gasteiger partial charge >= 0.3 is 0 Å². The number of amides is 1. The number of fused-ring (bicyclic) bond motifs is 2. The quantitative estimate of drug-likeness (QED) is 0.623. The number of benzene rings is 2. The highest BCUT2D eigenvalue weighted by Crippen LogP contribution is 2.37. The fourth-order valence-electron chi connectivity index (χ4n) is 5.27. The first-order valence-corrected chi connectivity index (χ1v) is 12.4. The van der Waals surface area contributed by atoms with Gasteiger partial charge in [-0.2, -0.15) is 0 Å². The molecular formula is C27H30N4O4. The summed E-state index contributed by atoms with van der Waals surface area (Å²) in [5.41, 5.74) is 4.56. The second-order valence-corrected chi connectivity index (χ2v) is 9.09. The fraction of sp³-hybridized carbons (Fsp3) is 0.407. The minimum atomic E-state index is -0.112. The van der Waals surface area contributed by atoms with Gasteiger partial charge in [0.25, 0.3) is 5.91 Å². The zero-order chi connectivity index (χ0) is 23.6. The number of aromatic nitrogens is 1. The van der Waals surface area contributed by atoms with E-state index in [1.807, 2.05) is 24.3 Å². The largest absolute Gasteiger partial charge is 0.493 e. The fourth-order valence-corrected chi connectivity index (χ4v) is 5.27. The molecule has 8 nitrogen and oxygen atoms in total. The van der Waals surface area contributed by atoms with Gasteiger partial charge in [0.2, 0.25) is 0 Å². The molecule has 182 valence electrons. The number of para-hydroxylation sites is 2. The second kappa shape index (κ2) is 9.71. The summed E-state index contributed by atoms with van der Waals surface area (Å²) in [7, 11) is 0. The van der Waals surface area contributed by atoms with Crippen molar-refractivity contribution in [1.82, 2.24) is 10.3 Å². The normalized spacial score (nSPS) is 20.3. The Bertz CT molecular complexity index is 1220. The number of hydrogen-bond acceptors (Lipinski definition) is 7. The Morgan fingerprint density at radius 2 is 1.63 bits per heavy atom. The van der Waals surface area contributed by atoms with Crippen molar-refractivity contribution in [3.63, 3.8) is 0 Å². The maximum absolute atomic E-state index is 13.7. The van der Waals surface area contributed by atoms with E-state index in [1.165, 1.54) is 0 Å². The molecule has 3 aromatic rings. The lowest BCUT2D eigenvalue weighted by Gasteiger charge is -2.33. The zero-order valence-corrected chi connectivity index (χ0v) is 19.7. The van der Waals surface area contributed by atoms with Crippen molar-refractivity contribution in [2.24, 2.45) is 0 Å². The molecule has 0 aliphatic carbocycles. The van der Waals surface area contributed by atoms with E-state index in [0.717, 1.165) is 66.2 Å². The Morgan fingerprint density at radius 1 is 0.886 bits per heavy atom. The summed E-state index contributed by atoms with van der Waals surface area (Å²) in [6, 6.07) is 14.1. The van der Waals surface area contributed by atoms with Crippen LogP contribution in [0.25, 0.3) is 10.9 Å². The van der Waals surface area contributed by atoms with Gasteiger partial charge in [-0.15, -0.1) is 0 Å². The van der Waals surface area contributed by atoms with E-state index in [1.54, 1.807) is 6.20 Å². The predicted molar refractivity (Wildman–Crippen MR) is 135 cm³/mol. The SMILES string of the molecule is O=C(N[C@H]1CCOc2ccccc21)c1cnc2c(N3CCOCC3)cccc2c1N1CCOCC1. The van der Waals surface area contributed by atoms with E-state index in [0.29, 0.717) is 38.6 Å². The first-order chi connectivity index (χ1) is 17.3. The van der Waals surface area contributed by atoms with Gasteiger partial charge in [0.1, 0.15) is 5.75 Å². The third-order valence-electron chi connectivity index (χ3n) is 7.04. The number of hydrogen-bond donors (Lipinski definition) is 1. The molecule has 35 heavy (non-hydrogen) atoms. The number of ether oxygens (including phenoxy) is 3. The number of anilines is 2. The first kappa shape index (κ1) is 22.1. The lowest BCUT2D eigenvalue weighted by molar-refractivity contribution is 0.0923. The Kier molecular flexibility index (Phi) is 6.14. The van der Waals surface area contributed by atoms with Crippen molar-refractivity contribution >= 4 is 28.2 Å². The van der Waals surface area contributed by atoms with Crippen LogP contribution in [0.2, 0.25) is 0 Å². The van der Waals surface area contributed by atoms with Crippen LogP contribution in [-0.2, 0) is 9.47 Å². The molecule has 0 spiro atoms. The molecule has 6 rings (SSSR count). The van der Waals surface area contributed by atoms with E-state index in [2.05, 4.69) is 33.3 Å². The Balaban J connectivity index is 1.40. The summed E-state index contributed by atoms with van der Waals surface area (Å²) in [4.78, 5) is 23.2. The summed E-state index contributed by atoms with van der Waals surface area (Å²) in [6.45, 7) is 6.42. The molecule has 1 amide bonds. The van der Waals surface area contributed by atoms with Crippen molar-refractivity contribution in [2.45, 2.75) is 12.5 Å². The standard InChI is InChI=1S/C27H30N4O4/c32-27(29-22-8-13-35-24-7-2-1-4-19(22)24)21-18-28-25-20(26(21)31-11-16-34-17-12-31)5-3-6-23(25)30-9-14-33-15-10-30/h1-7,18,22H,8-17H2,(H,29,32)/t22-/m0/s1. The van der Waals surface area contributed by atoms with Gasteiger partial charge in [0.05, 0.1) is 61.5 Å². The minimum Gasteiger partial charge on any atom is -0.493 e. The molecule has 2 saturated heterocycles. The number of rotatable bonds is 4. The van der Waals surface area contributed by atoms with Gasteiger partial charge in [-0.3, -0.25) is 9.78 Å². The van der Waals surface area contributed by atoms with Crippen molar-refractivity contribution in [3.8, 4) is 5.75 Å². The molecule has 0 unspecified atom stereocenters. The van der Waals surface area contributed by atoms with Gasteiger partial charge in [-0.25, -0.2) is 0 Å². The Morgan fingerprint density at radius 3 is 2.43 bits per heavy atom. The number of nitrogens with zero attached hydrogens (tertiary/aromatic N) is 3. The van der Waals surface area contributed by atoms with Crippen LogP contribution < -0.4 is 19.9 Å². The van der Waals surface area contributed by atoms with E-state index < -0.39 is 0 Å². The number of pyridine rings is 1. The Hall–Kier alpha value is -3.36. The molecule has 1 aromatic heterocycles. The maximum atomic E-state index is 13.7. The van der Waals surface area contributed by atoms with Crippen LogP contribution in [0.5, 0.6) is 5.75 Å². The molecule has 2 aromatic carbocycles. The number of carbonyl (C=O) groups is 1. The van der Waals surface area contributed by atoms with Gasteiger partial charge in [-0.1, -0.05) is 30.3 Å². The van der Waals surface area contributed by atoms with Crippen molar-refractivity contribution < 1.29 is 19.0 Å². The van der Waals surface area contributed by atoms with E-state index in [4.69, 9.17) is 19.2 Å². The first-order valence-electron chi connectivity index (χ1n) is 12.4. The second-order valence-electron chi connectivity index (χ2n) is 9.09. The van der Waals surface area contributed by atoms with E-state index in [9.17, 15) is 4.79 Å². The molecule has 0 bridgehead atoms. The molecule has 3 aliphatic rings. The highest BCUT2D eigenvalue weighted by atomic mass is 16.5. The highest BCUT2D eigenvalue weighted by molar-refractivity contribution is 6.09. The van der Waals surface area contributed by atoms with Crippen LogP contribution >= 0.6 is 0 Å². The number of nitrogens with one attached hydrogen (secondary N) is 1. The zero-order valence-electron chi connectivity index (χ0n) is 19.7. The molecule has 3 aliphatic heterocycles. The van der Waals surface area contributed by atoms with Gasteiger partial charge in [0, 0.05) is 49.7 Å². The molecule has 0 radical (unpaired) electrons. The lowest BCUT2D eigenvalue weighted by atomic mass is 9.99. The van der Waals surface area contributed by atoms with Crippen molar-refractivity contribution in [2.75, 3.05) is 69.0 Å². The van der Waals surface area contributed by atoms with Gasteiger partial charge < -0.3 is 29.3 Å². The highest BCUT2D eigenvalue weighted by Gasteiger charge is 2.28. The van der Waals surface area contributed by atoms with Crippen molar-refractivity contribution in [3.05, 3.63) is 59.8 Å². The summed E-state index contributed by atoms with van der Waals surface area (Å²) in [5.74, 6) is 0.726. The van der Waals surface area contributed by atoms with Crippen LogP contribution in [0.15, 0.2) is 48.7 Å². The average molecular weight is 475 g/mol. The maximum Gasteiger partial charge on any atom is 0.255 e. The third-order valence-corrected chi connectivity index (χ3v) is 7.04. The topological polar surface area (TPSA) is 76.2 Å². The minimum absolute atomic E-state index is 0.0969. The van der Waals surface area contributed by atoms with Crippen LogP contribution in [0.4, 0.5) is 11.4 Å². The van der Waals surface area contributed by atoms with Crippen LogP contribution in [0.3, 0.4) is 0 Å². The van der Waals surface area contributed by atoms with E-state index >= 15 is 0 Å². The van der Waals surface area contributed by atoms with Gasteiger partial charge in [0.15, 0.2) is 0 Å². The summed E-state index contributed by atoms with van der Waals surface area (Å²) in [5, 5.41) is 4.27. The molecule has 8 heteroatoms. The lowest BCUT2D eigenvalue weighted by Crippen LogP contribution is -2.39. The predicted octanol–water partition coefficient (Wildman–Crippen LogP) is 3.16. The summed E-state index contributed by atoms with van der Waals surface area (Å²) < 4.78 is 17.0. The van der Waals surface area contributed by atoms with Crippen LogP contribution in [0.1, 0.15) is 28.4 Å². The van der Waals surface area contributed by atoms with Crippen LogP contribution in [0, 0.1) is 0 Å².